The molecule has 0 amide bonds. The van der Waals surface area contributed by atoms with Crippen molar-refractivity contribution in [1.82, 2.24) is 0 Å². The van der Waals surface area contributed by atoms with Crippen molar-refractivity contribution >= 4 is 0 Å². The summed E-state index contributed by atoms with van der Waals surface area (Å²) in [7, 11) is 0. The van der Waals surface area contributed by atoms with Crippen molar-refractivity contribution in [1.29, 1.82) is 0 Å². The molecule has 1 nitrogen and oxygen atoms in total. The summed E-state index contributed by atoms with van der Waals surface area (Å²) in [5.74, 6) is -2.66. The Morgan fingerprint density at radius 2 is 1.73 bits per heavy atom. The lowest BCUT2D eigenvalue weighted by Gasteiger charge is -2.12. The normalized spacial score (nSPS) is 11.9. The number of halogens is 6. The summed E-state index contributed by atoms with van der Waals surface area (Å²) in [6, 6.07) is 2.10. The van der Waals surface area contributed by atoms with Crippen LogP contribution in [0, 0.1) is 5.82 Å². The molecular weight excluding hydrogens is 226 g/mol. The van der Waals surface area contributed by atoms with Crippen molar-refractivity contribution in [3.8, 4) is 5.75 Å². The van der Waals surface area contributed by atoms with E-state index < -0.39 is 29.9 Å². The standard InChI is InChI=1S/C8H4F6O/c9-4-2-1-3-5(6(4)7(10)11)15-8(12,13)14/h1-3,7H. The number of benzene rings is 1. The maximum atomic E-state index is 12.7. The van der Waals surface area contributed by atoms with E-state index in [4.69, 9.17) is 0 Å². The van der Waals surface area contributed by atoms with Crippen molar-refractivity contribution in [3.63, 3.8) is 0 Å². The van der Waals surface area contributed by atoms with Gasteiger partial charge in [-0.05, 0) is 12.1 Å². The van der Waals surface area contributed by atoms with E-state index in [0.717, 1.165) is 6.07 Å². The number of hydrogen-bond donors (Lipinski definition) is 0. The third kappa shape index (κ3) is 3.03. The van der Waals surface area contributed by atoms with Crippen molar-refractivity contribution in [2.24, 2.45) is 0 Å². The molecule has 0 aliphatic carbocycles. The molecule has 1 aromatic rings. The molecule has 0 fully saturated rings. The monoisotopic (exact) mass is 230 g/mol. The Morgan fingerprint density at radius 1 is 1.13 bits per heavy atom. The highest BCUT2D eigenvalue weighted by molar-refractivity contribution is 5.35. The fourth-order valence-electron chi connectivity index (χ4n) is 0.943. The summed E-state index contributed by atoms with van der Waals surface area (Å²) in [6.07, 6.45) is -8.50. The number of alkyl halides is 5. The van der Waals surface area contributed by atoms with Crippen LogP contribution in [-0.2, 0) is 0 Å². The van der Waals surface area contributed by atoms with E-state index in [9.17, 15) is 26.3 Å². The Hall–Kier alpha value is -1.40. The van der Waals surface area contributed by atoms with Crippen LogP contribution in [0.25, 0.3) is 0 Å². The Morgan fingerprint density at radius 3 is 2.20 bits per heavy atom. The van der Waals surface area contributed by atoms with E-state index in [1.165, 1.54) is 0 Å². The average molecular weight is 230 g/mol. The fraction of sp³-hybridized carbons (Fsp3) is 0.250. The van der Waals surface area contributed by atoms with Gasteiger partial charge in [0.05, 0.1) is 5.56 Å². The van der Waals surface area contributed by atoms with Gasteiger partial charge < -0.3 is 4.74 Å². The van der Waals surface area contributed by atoms with Crippen molar-refractivity contribution in [3.05, 3.63) is 29.6 Å². The quantitative estimate of drug-likeness (QED) is 0.704. The first-order chi connectivity index (χ1) is 6.81. The van der Waals surface area contributed by atoms with Gasteiger partial charge >= 0.3 is 6.36 Å². The molecule has 0 aromatic heterocycles. The molecule has 0 aliphatic rings. The molecule has 0 saturated heterocycles. The summed E-state index contributed by atoms with van der Waals surface area (Å²) < 4.78 is 75.5. The van der Waals surface area contributed by atoms with Gasteiger partial charge in [-0.25, -0.2) is 13.2 Å². The largest absolute Gasteiger partial charge is 0.573 e. The van der Waals surface area contributed by atoms with Gasteiger partial charge in [-0.15, -0.1) is 13.2 Å². The van der Waals surface area contributed by atoms with E-state index in [0.29, 0.717) is 12.1 Å². The van der Waals surface area contributed by atoms with Gasteiger partial charge in [-0.2, -0.15) is 0 Å². The van der Waals surface area contributed by atoms with Crippen LogP contribution in [0.4, 0.5) is 26.3 Å². The third-order valence-electron chi connectivity index (χ3n) is 1.46. The number of hydrogen-bond acceptors (Lipinski definition) is 1. The first-order valence-electron chi connectivity index (χ1n) is 3.63. The van der Waals surface area contributed by atoms with Crippen molar-refractivity contribution in [2.75, 3.05) is 0 Å². The molecule has 15 heavy (non-hydrogen) atoms. The van der Waals surface area contributed by atoms with Crippen LogP contribution in [0.15, 0.2) is 18.2 Å². The summed E-state index contributed by atoms with van der Waals surface area (Å²) >= 11 is 0. The van der Waals surface area contributed by atoms with Crippen LogP contribution in [0.2, 0.25) is 0 Å². The summed E-state index contributed by atoms with van der Waals surface area (Å²) in [5, 5.41) is 0. The third-order valence-corrected chi connectivity index (χ3v) is 1.46. The summed E-state index contributed by atoms with van der Waals surface area (Å²) in [4.78, 5) is 0. The molecule has 0 radical (unpaired) electrons. The van der Waals surface area contributed by atoms with E-state index in [1.807, 2.05) is 0 Å². The SMILES string of the molecule is Fc1cccc(OC(F)(F)F)c1C(F)F. The molecule has 0 bridgehead atoms. The minimum atomic E-state index is -5.13. The van der Waals surface area contributed by atoms with Gasteiger partial charge in [0, 0.05) is 0 Å². The second kappa shape index (κ2) is 4.00. The van der Waals surface area contributed by atoms with Gasteiger partial charge in [-0.3, -0.25) is 0 Å². The number of rotatable bonds is 2. The maximum Gasteiger partial charge on any atom is 0.573 e. The van der Waals surface area contributed by atoms with Gasteiger partial charge in [0.25, 0.3) is 6.43 Å². The predicted molar refractivity (Wildman–Crippen MR) is 38.0 cm³/mol. The van der Waals surface area contributed by atoms with Crippen LogP contribution in [0.1, 0.15) is 12.0 Å². The van der Waals surface area contributed by atoms with Crippen molar-refractivity contribution < 1.29 is 31.1 Å². The molecular formula is C8H4F6O. The molecule has 0 heterocycles. The van der Waals surface area contributed by atoms with Gasteiger partial charge in [0.2, 0.25) is 0 Å². The van der Waals surface area contributed by atoms with Crippen LogP contribution in [0.5, 0.6) is 5.75 Å². The molecule has 0 spiro atoms. The van der Waals surface area contributed by atoms with Crippen LogP contribution >= 0.6 is 0 Å². The second-order valence-corrected chi connectivity index (χ2v) is 2.50. The lowest BCUT2D eigenvalue weighted by atomic mass is 10.2. The maximum absolute atomic E-state index is 12.7. The zero-order valence-electron chi connectivity index (χ0n) is 6.99. The van der Waals surface area contributed by atoms with E-state index in [-0.39, 0.29) is 0 Å². The Kier molecular flexibility index (Phi) is 3.11. The molecule has 0 aliphatic heterocycles. The minimum absolute atomic E-state index is 0.623. The van der Waals surface area contributed by atoms with Gasteiger partial charge in [0.1, 0.15) is 11.6 Å². The summed E-state index contributed by atoms with van der Waals surface area (Å²) in [6.45, 7) is 0. The zero-order chi connectivity index (χ0) is 11.6. The molecule has 0 atom stereocenters. The van der Waals surface area contributed by atoms with E-state index >= 15 is 0 Å². The van der Waals surface area contributed by atoms with Gasteiger partial charge in [0.15, 0.2) is 0 Å². The molecule has 84 valence electrons. The second-order valence-electron chi connectivity index (χ2n) is 2.50. The molecule has 1 aromatic carbocycles. The average Bonchev–Trinajstić information content (AvgIpc) is 1.99. The predicted octanol–water partition coefficient (Wildman–Crippen LogP) is 3.66. The first-order valence-corrected chi connectivity index (χ1v) is 3.63. The lowest BCUT2D eigenvalue weighted by molar-refractivity contribution is -0.275. The first kappa shape index (κ1) is 11.7. The van der Waals surface area contributed by atoms with Crippen molar-refractivity contribution in [2.45, 2.75) is 12.8 Å². The highest BCUT2D eigenvalue weighted by Crippen LogP contribution is 2.34. The highest BCUT2D eigenvalue weighted by atomic mass is 19.4. The topological polar surface area (TPSA) is 9.23 Å². The minimum Gasteiger partial charge on any atom is -0.405 e. The molecule has 1 rings (SSSR count). The smallest absolute Gasteiger partial charge is 0.405 e. The highest BCUT2D eigenvalue weighted by Gasteiger charge is 2.34. The molecule has 0 N–H and O–H groups in total. The zero-order valence-corrected chi connectivity index (χ0v) is 6.99. The molecule has 0 saturated carbocycles. The Labute approximate surface area is 80.3 Å². The lowest BCUT2D eigenvalue weighted by Crippen LogP contribution is -2.18. The van der Waals surface area contributed by atoms with Gasteiger partial charge in [-0.1, -0.05) is 6.07 Å². The van der Waals surface area contributed by atoms with Crippen LogP contribution < -0.4 is 4.74 Å². The number of ether oxygens (including phenoxy) is 1. The van der Waals surface area contributed by atoms with Crippen LogP contribution in [-0.4, -0.2) is 6.36 Å². The van der Waals surface area contributed by atoms with Crippen LogP contribution in [0.3, 0.4) is 0 Å². The Bertz CT molecular complexity index is 345. The molecule has 0 unspecified atom stereocenters. The Balaban J connectivity index is 3.12. The van der Waals surface area contributed by atoms with E-state index in [1.54, 1.807) is 0 Å². The fourth-order valence-corrected chi connectivity index (χ4v) is 0.943. The molecule has 7 heteroatoms. The van der Waals surface area contributed by atoms with E-state index in [2.05, 4.69) is 4.74 Å². The summed E-state index contributed by atoms with van der Waals surface area (Å²) in [5.41, 5.74) is -1.39.